The molecule has 0 aliphatic heterocycles. The van der Waals surface area contributed by atoms with Gasteiger partial charge in [-0.2, -0.15) is 25.3 Å². The minimum Gasteiger partial charge on any atom is -0.507 e. The van der Waals surface area contributed by atoms with Gasteiger partial charge in [-0.05, 0) is 49.9 Å². The van der Waals surface area contributed by atoms with Crippen molar-refractivity contribution >= 4 is 37.7 Å². The summed E-state index contributed by atoms with van der Waals surface area (Å²) in [5.74, 6) is 0.494. The molecule has 0 saturated heterocycles. The number of thiol groups is 2. The summed E-state index contributed by atoms with van der Waals surface area (Å²) in [6.45, 7) is 1.37. The fourth-order valence-corrected chi connectivity index (χ4v) is 3.17. The van der Waals surface area contributed by atoms with Crippen molar-refractivity contribution in [3.05, 3.63) is 59.7 Å². The normalized spacial score (nSPS) is 13.4. The number of benzene rings is 2. The molecule has 0 aromatic heterocycles. The van der Waals surface area contributed by atoms with E-state index in [1.165, 1.54) is 0 Å². The largest absolute Gasteiger partial charge is 2.00 e. The maximum atomic E-state index is 9.69. The molecule has 2 aromatic rings. The Morgan fingerprint density at radius 1 is 0.690 bits per heavy atom. The predicted molar refractivity (Wildman–Crippen MR) is 125 cm³/mol. The van der Waals surface area contributed by atoms with Crippen molar-refractivity contribution in [2.24, 2.45) is 9.98 Å². The van der Waals surface area contributed by atoms with Gasteiger partial charge in [-0.1, -0.05) is 24.3 Å². The van der Waals surface area contributed by atoms with Crippen molar-refractivity contribution in [3.8, 4) is 11.5 Å². The average molecular weight is 480 g/mol. The van der Waals surface area contributed by atoms with Gasteiger partial charge in [0.1, 0.15) is 11.5 Å². The molecule has 2 aromatic carbocycles. The van der Waals surface area contributed by atoms with Gasteiger partial charge in [0.05, 0.1) is 0 Å². The molecule has 0 aliphatic carbocycles. The van der Waals surface area contributed by atoms with Crippen LogP contribution in [0.2, 0.25) is 0 Å². The van der Waals surface area contributed by atoms with Crippen LogP contribution in [-0.2, 0) is 17.1 Å². The first kappa shape index (κ1) is 25.6. The summed E-state index contributed by atoms with van der Waals surface area (Å²) in [5.41, 5.74) is 1.47. The first-order valence-corrected chi connectivity index (χ1v) is 10.5. The zero-order valence-electron chi connectivity index (χ0n) is 16.2. The van der Waals surface area contributed by atoms with Gasteiger partial charge in [0, 0.05) is 47.1 Å². The van der Waals surface area contributed by atoms with Gasteiger partial charge in [-0.3, -0.25) is 9.98 Å². The van der Waals surface area contributed by atoms with Crippen LogP contribution >= 0.6 is 25.3 Å². The van der Waals surface area contributed by atoms with Crippen molar-refractivity contribution in [1.29, 1.82) is 0 Å². The molecule has 159 valence electrons. The van der Waals surface area contributed by atoms with Crippen molar-refractivity contribution < 1.29 is 27.3 Å². The summed E-state index contributed by atoms with van der Waals surface area (Å²) in [5, 5.41) is 19.9. The van der Waals surface area contributed by atoms with E-state index < -0.39 is 0 Å². The Bertz CT molecular complexity index is 721. The van der Waals surface area contributed by atoms with Crippen molar-refractivity contribution in [2.45, 2.75) is 36.2 Å². The molecule has 7 heteroatoms. The Labute approximate surface area is 194 Å². The molecule has 2 atom stereocenters. The second-order valence-electron chi connectivity index (χ2n) is 6.65. The molecular weight excluding hydrogens is 452 g/mol. The number of aromatic hydroxyl groups is 2. The molecule has 2 N–H and O–H groups in total. The van der Waals surface area contributed by atoms with Gasteiger partial charge < -0.3 is 10.2 Å². The van der Waals surface area contributed by atoms with E-state index in [0.29, 0.717) is 13.1 Å². The van der Waals surface area contributed by atoms with E-state index >= 15 is 0 Å². The molecular formula is C22H28CuN2O2S2+2. The Kier molecular flexibility index (Phi) is 12.9. The number of hydrogen-bond donors (Lipinski definition) is 4. The monoisotopic (exact) mass is 479 g/mol. The standard InChI is InChI=1S/C22H28N2O2S2.Cu/c25-21-7-3-1-5-17(21)15-23-13-11-19(27)9-10-20(28)12-14-24-16-18-6-2-4-8-22(18)26;/h1-8,15-16,19-20,25-28H,9-14H2;/q;+2. The third-order valence-electron chi connectivity index (χ3n) is 4.35. The third kappa shape index (κ3) is 10.3. The molecule has 0 saturated carbocycles. The maximum absolute atomic E-state index is 9.69. The van der Waals surface area contributed by atoms with Crippen LogP contribution in [-0.4, -0.2) is 46.2 Å². The number of nitrogens with zero attached hydrogens (tertiary/aromatic N) is 2. The van der Waals surface area contributed by atoms with Crippen LogP contribution in [0.4, 0.5) is 0 Å². The van der Waals surface area contributed by atoms with Gasteiger partial charge in [0.25, 0.3) is 0 Å². The fraction of sp³-hybridized carbons (Fsp3) is 0.364. The van der Waals surface area contributed by atoms with Gasteiger partial charge in [-0.25, -0.2) is 0 Å². The van der Waals surface area contributed by atoms with Crippen LogP contribution in [0.25, 0.3) is 0 Å². The van der Waals surface area contributed by atoms with E-state index in [0.717, 1.165) is 36.8 Å². The van der Waals surface area contributed by atoms with Crippen LogP contribution in [0.5, 0.6) is 11.5 Å². The summed E-state index contributed by atoms with van der Waals surface area (Å²) in [7, 11) is 0. The number of aliphatic imine (C=N–C) groups is 2. The molecule has 2 rings (SSSR count). The first-order valence-electron chi connectivity index (χ1n) is 9.48. The summed E-state index contributed by atoms with van der Waals surface area (Å²) < 4.78 is 0. The summed E-state index contributed by atoms with van der Waals surface area (Å²) in [6, 6.07) is 14.3. The van der Waals surface area contributed by atoms with Gasteiger partial charge in [0.2, 0.25) is 0 Å². The third-order valence-corrected chi connectivity index (χ3v) is 5.38. The summed E-state index contributed by atoms with van der Waals surface area (Å²) >= 11 is 9.28. The van der Waals surface area contributed by atoms with E-state index in [2.05, 4.69) is 35.2 Å². The van der Waals surface area contributed by atoms with E-state index in [-0.39, 0.29) is 39.1 Å². The molecule has 4 nitrogen and oxygen atoms in total. The zero-order valence-corrected chi connectivity index (χ0v) is 18.9. The number of para-hydroxylation sites is 2. The van der Waals surface area contributed by atoms with E-state index in [9.17, 15) is 10.2 Å². The predicted octanol–water partition coefficient (Wildman–Crippen LogP) is 4.79. The van der Waals surface area contributed by atoms with Crippen LogP contribution < -0.4 is 0 Å². The maximum Gasteiger partial charge on any atom is 2.00 e. The van der Waals surface area contributed by atoms with E-state index in [1.807, 2.05) is 24.3 Å². The van der Waals surface area contributed by atoms with Crippen LogP contribution in [0.1, 0.15) is 36.8 Å². The molecule has 2 unspecified atom stereocenters. The van der Waals surface area contributed by atoms with Gasteiger partial charge in [-0.15, -0.1) is 0 Å². The van der Waals surface area contributed by atoms with Crippen molar-refractivity contribution in [2.75, 3.05) is 13.1 Å². The van der Waals surface area contributed by atoms with Gasteiger partial charge in [0.15, 0.2) is 0 Å². The smallest absolute Gasteiger partial charge is 0.507 e. The number of hydrogen-bond acceptors (Lipinski definition) is 6. The molecule has 0 bridgehead atoms. The molecule has 0 aliphatic rings. The van der Waals surface area contributed by atoms with Crippen LogP contribution in [0.3, 0.4) is 0 Å². The van der Waals surface area contributed by atoms with Crippen molar-refractivity contribution in [3.63, 3.8) is 0 Å². The Morgan fingerprint density at radius 2 is 1.07 bits per heavy atom. The molecule has 0 heterocycles. The molecule has 0 spiro atoms. The fourth-order valence-electron chi connectivity index (χ4n) is 2.64. The summed E-state index contributed by atoms with van der Waals surface area (Å²) in [6.07, 6.45) is 7.15. The molecule has 29 heavy (non-hydrogen) atoms. The zero-order chi connectivity index (χ0) is 20.2. The molecule has 1 radical (unpaired) electrons. The van der Waals surface area contributed by atoms with Crippen molar-refractivity contribution in [1.82, 2.24) is 0 Å². The number of phenols is 2. The van der Waals surface area contributed by atoms with E-state index in [4.69, 9.17) is 0 Å². The second-order valence-corrected chi connectivity index (χ2v) is 8.11. The molecule has 0 amide bonds. The minimum absolute atomic E-state index is 0. The molecule has 0 fully saturated rings. The van der Waals surface area contributed by atoms with Crippen LogP contribution in [0.15, 0.2) is 58.5 Å². The Morgan fingerprint density at radius 3 is 1.45 bits per heavy atom. The Hall–Kier alpha value is -1.40. The first-order chi connectivity index (χ1) is 13.6. The Balaban J connectivity index is 0.00000420. The van der Waals surface area contributed by atoms with Gasteiger partial charge >= 0.3 is 17.1 Å². The average Bonchev–Trinajstić information content (AvgIpc) is 2.69. The summed E-state index contributed by atoms with van der Waals surface area (Å²) in [4.78, 5) is 8.75. The minimum atomic E-state index is 0. The van der Waals surface area contributed by atoms with Crippen LogP contribution in [0, 0.1) is 0 Å². The second kappa shape index (κ2) is 14.6. The van der Waals surface area contributed by atoms with E-state index in [1.54, 1.807) is 36.7 Å². The number of phenolic OH excluding ortho intramolecular Hbond substituents is 2. The quantitative estimate of drug-likeness (QED) is 0.212. The topological polar surface area (TPSA) is 65.2 Å². The number of rotatable bonds is 11. The SMILES string of the molecule is Oc1ccccc1C=NCCC(S)CCC(S)CCN=Cc1ccccc1O.[Cu+2].